The van der Waals surface area contributed by atoms with Crippen molar-refractivity contribution >= 4 is 39.5 Å². The van der Waals surface area contributed by atoms with Gasteiger partial charge in [-0.25, -0.2) is 9.13 Å². The second-order valence-corrected chi connectivity index (χ2v) is 31.5. The van der Waals surface area contributed by atoms with Gasteiger partial charge in [0.15, 0.2) is 12.2 Å². The van der Waals surface area contributed by atoms with Gasteiger partial charge in [0.2, 0.25) is 0 Å². The maximum absolute atomic E-state index is 13.1. The molecule has 0 aliphatic carbocycles. The Balaban J connectivity index is 5.25. The minimum absolute atomic E-state index is 0.104. The number of phosphoric ester groups is 2. The van der Waals surface area contributed by atoms with E-state index >= 15 is 0 Å². The summed E-state index contributed by atoms with van der Waals surface area (Å²) in [6.07, 6.45) is 52.7. The van der Waals surface area contributed by atoms with E-state index in [1.54, 1.807) is 0 Å². The van der Waals surface area contributed by atoms with Gasteiger partial charge in [0.25, 0.3) is 0 Å². The Hall–Kier alpha value is -1.94. The van der Waals surface area contributed by atoms with E-state index in [2.05, 4.69) is 48.5 Å². The van der Waals surface area contributed by atoms with Gasteiger partial charge in [0.05, 0.1) is 26.4 Å². The molecule has 0 aliphatic heterocycles. The first-order valence-electron chi connectivity index (χ1n) is 39.4. The second-order valence-electron chi connectivity index (χ2n) is 28.6. The molecule has 95 heavy (non-hydrogen) atoms. The number of rotatable bonds is 74. The van der Waals surface area contributed by atoms with Crippen LogP contribution in [0.5, 0.6) is 0 Å². The van der Waals surface area contributed by atoms with Crippen molar-refractivity contribution in [2.24, 2.45) is 17.8 Å². The van der Waals surface area contributed by atoms with E-state index in [1.165, 1.54) is 199 Å². The van der Waals surface area contributed by atoms with Crippen LogP contribution in [0, 0.1) is 17.8 Å². The summed E-state index contributed by atoms with van der Waals surface area (Å²) in [5.41, 5.74) is 0. The van der Waals surface area contributed by atoms with Crippen LogP contribution < -0.4 is 0 Å². The highest BCUT2D eigenvalue weighted by molar-refractivity contribution is 7.47. The van der Waals surface area contributed by atoms with Crippen molar-refractivity contribution in [3.63, 3.8) is 0 Å². The molecule has 3 unspecified atom stereocenters. The van der Waals surface area contributed by atoms with Gasteiger partial charge in [-0.05, 0) is 43.4 Å². The van der Waals surface area contributed by atoms with Gasteiger partial charge in [-0.1, -0.05) is 337 Å². The summed E-state index contributed by atoms with van der Waals surface area (Å²) in [4.78, 5) is 72.8. The molecule has 0 rings (SSSR count). The SMILES string of the molecule is CCCCCCCCCCCCCCCCCC(=O)OC[C@H](COP(=O)(O)OC[C@@H](O)COP(=O)(O)OC[C@@H](COC(=O)CCCCCCCCCCC(C)C)OC(=O)CCCCCCCCCCC(C)C)OC(=O)CCCCCCCCCCCCCCCCC(C)CC. The Labute approximate surface area is 581 Å². The molecule has 0 saturated carbocycles. The summed E-state index contributed by atoms with van der Waals surface area (Å²) < 4.78 is 68.5. The van der Waals surface area contributed by atoms with Crippen LogP contribution in [-0.2, 0) is 65.4 Å². The molecule has 0 spiro atoms. The molecule has 0 aliphatic rings. The zero-order valence-electron chi connectivity index (χ0n) is 62.1. The first-order valence-corrected chi connectivity index (χ1v) is 42.4. The lowest BCUT2D eigenvalue weighted by Crippen LogP contribution is -2.30. The van der Waals surface area contributed by atoms with Crippen molar-refractivity contribution in [3.8, 4) is 0 Å². The minimum atomic E-state index is -4.96. The molecule has 19 heteroatoms. The number of hydrogen-bond acceptors (Lipinski definition) is 15. The van der Waals surface area contributed by atoms with Crippen molar-refractivity contribution in [1.82, 2.24) is 0 Å². The quantitative estimate of drug-likeness (QED) is 0.0222. The Kier molecular flexibility index (Phi) is 65.2. The summed E-state index contributed by atoms with van der Waals surface area (Å²) in [5.74, 6) is 0.171. The molecule has 6 atom stereocenters. The fourth-order valence-corrected chi connectivity index (χ4v) is 13.1. The number of esters is 4. The number of aliphatic hydroxyl groups is 1. The van der Waals surface area contributed by atoms with E-state index in [9.17, 15) is 43.2 Å². The maximum atomic E-state index is 13.1. The summed E-state index contributed by atoms with van der Waals surface area (Å²) in [6, 6.07) is 0. The van der Waals surface area contributed by atoms with Crippen LogP contribution in [-0.4, -0.2) is 96.7 Å². The van der Waals surface area contributed by atoms with Crippen LogP contribution in [0.1, 0.15) is 389 Å². The van der Waals surface area contributed by atoms with E-state index < -0.39 is 97.5 Å². The number of aliphatic hydroxyl groups excluding tert-OH is 1. The largest absolute Gasteiger partial charge is 0.472 e. The molecule has 0 aromatic carbocycles. The standard InChI is InChI=1S/C76H148O17P2/c1-8-10-11-12-13-14-15-16-17-21-24-27-36-43-50-57-73(78)86-63-71(92-75(80)59-52-45-38-28-25-22-19-18-20-23-26-35-42-49-56-69(7)9-2)65-90-94(82,83)88-61-70(77)62-89-95(84,85)91-66-72(93-76(81)60-53-46-39-32-30-34-41-48-55-68(5)6)64-87-74(79)58-51-44-37-31-29-33-40-47-54-67(3)4/h67-72,77H,8-66H2,1-7H3,(H,82,83)(H,84,85)/t69?,70-,71-,72-/m1/s1. The molecule has 0 amide bonds. The number of carbonyl (C=O) groups excluding carboxylic acids is 4. The van der Waals surface area contributed by atoms with E-state index in [0.29, 0.717) is 25.7 Å². The van der Waals surface area contributed by atoms with Crippen LogP contribution >= 0.6 is 15.6 Å². The average molecular weight is 1400 g/mol. The van der Waals surface area contributed by atoms with E-state index in [-0.39, 0.29) is 25.7 Å². The van der Waals surface area contributed by atoms with Crippen LogP contribution in [0.25, 0.3) is 0 Å². The van der Waals surface area contributed by atoms with Crippen LogP contribution in [0.4, 0.5) is 0 Å². The predicted molar refractivity (Wildman–Crippen MR) is 386 cm³/mol. The molecule has 17 nitrogen and oxygen atoms in total. The molecule has 0 aromatic heterocycles. The molecule has 564 valence electrons. The zero-order chi connectivity index (χ0) is 70.1. The van der Waals surface area contributed by atoms with Gasteiger partial charge in [0, 0.05) is 25.7 Å². The average Bonchev–Trinajstić information content (AvgIpc) is 3.12. The number of phosphoric acid groups is 2. The lowest BCUT2D eigenvalue weighted by molar-refractivity contribution is -0.161. The first-order chi connectivity index (χ1) is 45.8. The topological polar surface area (TPSA) is 237 Å². The van der Waals surface area contributed by atoms with E-state index in [1.807, 2.05) is 0 Å². The van der Waals surface area contributed by atoms with Crippen molar-refractivity contribution in [2.75, 3.05) is 39.6 Å². The molecule has 0 fully saturated rings. The predicted octanol–water partition coefficient (Wildman–Crippen LogP) is 22.2. The van der Waals surface area contributed by atoms with Gasteiger partial charge in [-0.2, -0.15) is 0 Å². The van der Waals surface area contributed by atoms with Gasteiger partial charge in [-0.3, -0.25) is 37.3 Å². The molecule has 3 N–H and O–H groups in total. The number of carbonyl (C=O) groups is 4. The number of ether oxygens (including phenoxy) is 4. The maximum Gasteiger partial charge on any atom is 0.472 e. The highest BCUT2D eigenvalue weighted by atomic mass is 31.2. The summed E-state index contributed by atoms with van der Waals surface area (Å²) in [7, 11) is -9.91. The highest BCUT2D eigenvalue weighted by Gasteiger charge is 2.30. The third-order valence-corrected chi connectivity index (χ3v) is 19.9. The first kappa shape index (κ1) is 93.1. The van der Waals surface area contributed by atoms with Crippen LogP contribution in [0.15, 0.2) is 0 Å². The molecular formula is C76H148O17P2. The fraction of sp³-hybridized carbons (Fsp3) is 0.947. The summed E-state index contributed by atoms with van der Waals surface area (Å²) >= 11 is 0. The molecule has 0 heterocycles. The highest BCUT2D eigenvalue weighted by Crippen LogP contribution is 2.45. The molecule has 0 aromatic rings. The van der Waals surface area contributed by atoms with Crippen molar-refractivity contribution in [3.05, 3.63) is 0 Å². The molecule has 0 saturated heterocycles. The monoisotopic (exact) mass is 1400 g/mol. The van der Waals surface area contributed by atoms with Gasteiger partial charge in [0.1, 0.15) is 19.3 Å². The van der Waals surface area contributed by atoms with Crippen molar-refractivity contribution in [2.45, 2.75) is 407 Å². The lowest BCUT2D eigenvalue weighted by Gasteiger charge is -2.21. The van der Waals surface area contributed by atoms with Gasteiger partial charge < -0.3 is 33.8 Å². The Bertz CT molecular complexity index is 1850. The van der Waals surface area contributed by atoms with Crippen LogP contribution in [0.3, 0.4) is 0 Å². The normalized spacial score (nSPS) is 14.4. The lowest BCUT2D eigenvalue weighted by atomic mass is 9.99. The third-order valence-electron chi connectivity index (χ3n) is 18.0. The van der Waals surface area contributed by atoms with Crippen molar-refractivity contribution in [1.29, 1.82) is 0 Å². The van der Waals surface area contributed by atoms with Gasteiger partial charge >= 0.3 is 39.5 Å². The number of unbranched alkanes of at least 4 members (excludes halogenated alkanes) is 41. The Morgan fingerprint density at radius 3 is 0.800 bits per heavy atom. The van der Waals surface area contributed by atoms with Gasteiger partial charge in [-0.15, -0.1) is 0 Å². The smallest absolute Gasteiger partial charge is 0.462 e. The molecular weight excluding hydrogens is 1250 g/mol. The Morgan fingerprint density at radius 2 is 0.537 bits per heavy atom. The summed E-state index contributed by atoms with van der Waals surface area (Å²) in [6.45, 7) is 11.9. The summed E-state index contributed by atoms with van der Waals surface area (Å²) in [5, 5.41) is 10.6. The fourth-order valence-electron chi connectivity index (χ4n) is 11.6. The minimum Gasteiger partial charge on any atom is -0.462 e. The second kappa shape index (κ2) is 66.6. The van der Waals surface area contributed by atoms with E-state index in [4.69, 9.17) is 37.0 Å². The Morgan fingerprint density at radius 1 is 0.305 bits per heavy atom. The number of hydrogen-bond donors (Lipinski definition) is 3. The van der Waals surface area contributed by atoms with Crippen LogP contribution in [0.2, 0.25) is 0 Å². The third kappa shape index (κ3) is 69.0. The van der Waals surface area contributed by atoms with E-state index in [0.717, 1.165) is 108 Å². The van der Waals surface area contributed by atoms with Crippen molar-refractivity contribution < 1.29 is 80.2 Å². The zero-order valence-corrected chi connectivity index (χ0v) is 63.9. The molecule has 0 bridgehead atoms. The molecule has 0 radical (unpaired) electrons.